The van der Waals surface area contributed by atoms with Crippen molar-refractivity contribution in [1.29, 1.82) is 0 Å². The molecule has 0 aliphatic rings. The Morgan fingerprint density at radius 1 is 1.64 bits per heavy atom. The van der Waals surface area contributed by atoms with Crippen molar-refractivity contribution in [3.05, 3.63) is 21.8 Å². The van der Waals surface area contributed by atoms with Gasteiger partial charge in [-0.3, -0.25) is 0 Å². The summed E-state index contributed by atoms with van der Waals surface area (Å²) >= 11 is 8.56. The third-order valence-electron chi connectivity index (χ3n) is 1.65. The zero-order valence-electron chi connectivity index (χ0n) is 7.23. The van der Waals surface area contributed by atoms with E-state index >= 15 is 0 Å². The lowest BCUT2D eigenvalue weighted by molar-refractivity contribution is 0.149. The first-order chi connectivity index (χ1) is 6.60. The van der Waals surface area contributed by atoms with E-state index in [1.165, 1.54) is 13.2 Å². The van der Waals surface area contributed by atoms with E-state index in [4.69, 9.17) is 16.3 Å². The van der Waals surface area contributed by atoms with Crippen LogP contribution in [0, 0.1) is 0 Å². The number of alkyl halides is 3. The summed E-state index contributed by atoms with van der Waals surface area (Å²) < 4.78 is 30.2. The molecule has 14 heavy (non-hydrogen) atoms. The fourth-order valence-corrected chi connectivity index (χ4v) is 1.71. The topological polar surface area (TPSA) is 22.1 Å². The number of methoxy groups -OCH3 is 1. The zero-order chi connectivity index (χ0) is 10.7. The molecule has 1 aromatic rings. The third kappa shape index (κ3) is 2.33. The van der Waals surface area contributed by atoms with Gasteiger partial charge in [0.1, 0.15) is 4.60 Å². The molecule has 0 amide bonds. The lowest BCUT2D eigenvalue weighted by atomic mass is 10.1. The van der Waals surface area contributed by atoms with Crippen molar-refractivity contribution in [2.24, 2.45) is 0 Å². The van der Waals surface area contributed by atoms with Crippen molar-refractivity contribution in [3.63, 3.8) is 0 Å². The number of rotatable bonds is 3. The molecule has 0 radical (unpaired) electrons. The van der Waals surface area contributed by atoms with Gasteiger partial charge in [-0.1, -0.05) is 0 Å². The Balaban J connectivity index is 3.31. The van der Waals surface area contributed by atoms with Gasteiger partial charge in [0.15, 0.2) is 0 Å². The molecule has 0 saturated carbocycles. The van der Waals surface area contributed by atoms with E-state index in [1.807, 2.05) is 0 Å². The SMILES string of the molecule is COc1nc(Br)cc(C(F)F)c1CCl. The average Bonchev–Trinajstić information content (AvgIpc) is 2.16. The quantitative estimate of drug-likeness (QED) is 0.626. The summed E-state index contributed by atoms with van der Waals surface area (Å²) in [6.07, 6.45) is -2.59. The maximum atomic E-state index is 12.5. The van der Waals surface area contributed by atoms with Crippen LogP contribution in [0.2, 0.25) is 0 Å². The molecule has 0 aromatic carbocycles. The summed E-state index contributed by atoms with van der Waals surface area (Å²) in [4.78, 5) is 3.88. The molecule has 0 bridgehead atoms. The maximum absolute atomic E-state index is 12.5. The first-order valence-corrected chi connectivity index (χ1v) is 5.00. The highest BCUT2D eigenvalue weighted by molar-refractivity contribution is 9.10. The van der Waals surface area contributed by atoms with Crippen molar-refractivity contribution >= 4 is 27.5 Å². The smallest absolute Gasteiger partial charge is 0.264 e. The van der Waals surface area contributed by atoms with E-state index in [9.17, 15) is 8.78 Å². The Morgan fingerprint density at radius 3 is 2.71 bits per heavy atom. The van der Waals surface area contributed by atoms with Gasteiger partial charge in [-0.15, -0.1) is 11.6 Å². The Labute approximate surface area is 93.4 Å². The van der Waals surface area contributed by atoms with Gasteiger partial charge in [-0.2, -0.15) is 0 Å². The van der Waals surface area contributed by atoms with Gasteiger partial charge in [0.05, 0.1) is 13.0 Å². The number of hydrogen-bond donors (Lipinski definition) is 0. The van der Waals surface area contributed by atoms with Crippen LogP contribution in [0.3, 0.4) is 0 Å². The van der Waals surface area contributed by atoms with Crippen molar-refractivity contribution < 1.29 is 13.5 Å². The fraction of sp³-hybridized carbons (Fsp3) is 0.375. The summed E-state index contributed by atoms with van der Waals surface area (Å²) in [7, 11) is 1.36. The molecule has 1 rings (SSSR count). The van der Waals surface area contributed by atoms with Crippen LogP contribution in [-0.2, 0) is 5.88 Å². The van der Waals surface area contributed by atoms with Gasteiger partial charge in [0.25, 0.3) is 6.43 Å². The van der Waals surface area contributed by atoms with Gasteiger partial charge in [-0.25, -0.2) is 13.8 Å². The Morgan fingerprint density at radius 2 is 2.29 bits per heavy atom. The molecule has 2 nitrogen and oxygen atoms in total. The summed E-state index contributed by atoms with van der Waals surface area (Å²) in [5.41, 5.74) is 0.0751. The molecule has 0 atom stereocenters. The second-order valence-corrected chi connectivity index (χ2v) is 3.54. The number of ether oxygens (including phenoxy) is 1. The average molecular weight is 287 g/mol. The molecular weight excluding hydrogens is 279 g/mol. The largest absolute Gasteiger partial charge is 0.481 e. The number of pyridine rings is 1. The summed E-state index contributed by atoms with van der Waals surface area (Å²) in [6, 6.07) is 1.24. The second-order valence-electron chi connectivity index (χ2n) is 2.46. The molecule has 0 saturated heterocycles. The Kier molecular flexibility index (Phi) is 4.07. The summed E-state index contributed by atoms with van der Waals surface area (Å²) in [6.45, 7) is 0. The molecule has 0 aliphatic heterocycles. The van der Waals surface area contributed by atoms with Gasteiger partial charge >= 0.3 is 0 Å². The fourth-order valence-electron chi connectivity index (χ4n) is 1.03. The predicted octanol–water partition coefficient (Wildman–Crippen LogP) is 3.53. The van der Waals surface area contributed by atoms with Crippen molar-refractivity contribution in [2.75, 3.05) is 7.11 Å². The van der Waals surface area contributed by atoms with E-state index in [-0.39, 0.29) is 22.9 Å². The van der Waals surface area contributed by atoms with Crippen molar-refractivity contribution in [2.45, 2.75) is 12.3 Å². The molecule has 0 spiro atoms. The molecule has 0 fully saturated rings. The normalized spacial score (nSPS) is 10.7. The van der Waals surface area contributed by atoms with Gasteiger partial charge in [0.2, 0.25) is 5.88 Å². The molecule has 0 unspecified atom stereocenters. The lowest BCUT2D eigenvalue weighted by Gasteiger charge is -2.10. The third-order valence-corrected chi connectivity index (χ3v) is 2.33. The molecule has 6 heteroatoms. The minimum Gasteiger partial charge on any atom is -0.481 e. The highest BCUT2D eigenvalue weighted by atomic mass is 79.9. The molecule has 1 aromatic heterocycles. The van der Waals surface area contributed by atoms with E-state index in [0.29, 0.717) is 4.60 Å². The monoisotopic (exact) mass is 285 g/mol. The zero-order valence-corrected chi connectivity index (χ0v) is 9.57. The van der Waals surface area contributed by atoms with E-state index in [2.05, 4.69) is 20.9 Å². The second kappa shape index (κ2) is 4.89. The highest BCUT2D eigenvalue weighted by Gasteiger charge is 2.18. The van der Waals surface area contributed by atoms with Crippen molar-refractivity contribution in [3.8, 4) is 5.88 Å². The minimum atomic E-state index is -2.59. The van der Waals surface area contributed by atoms with Crippen LogP contribution in [0.15, 0.2) is 10.7 Å². The lowest BCUT2D eigenvalue weighted by Crippen LogP contribution is -2.00. The van der Waals surface area contributed by atoms with Crippen LogP contribution < -0.4 is 4.74 Å². The molecule has 1 heterocycles. The molecular formula is C8H7BrClF2NO. The van der Waals surface area contributed by atoms with Crippen LogP contribution in [0.5, 0.6) is 5.88 Å². The van der Waals surface area contributed by atoms with E-state index in [0.717, 1.165) is 0 Å². The number of hydrogen-bond acceptors (Lipinski definition) is 2. The standard InChI is InChI=1S/C8H7BrClF2NO/c1-14-8-5(3-10)4(7(11)12)2-6(9)13-8/h2,7H,3H2,1H3. The molecule has 78 valence electrons. The molecule has 0 aliphatic carbocycles. The van der Waals surface area contributed by atoms with Crippen LogP contribution in [0.4, 0.5) is 8.78 Å². The number of aromatic nitrogens is 1. The maximum Gasteiger partial charge on any atom is 0.264 e. The Hall–Kier alpha value is -0.420. The van der Waals surface area contributed by atoms with E-state index < -0.39 is 6.43 Å². The Bertz CT molecular complexity index is 335. The summed E-state index contributed by atoms with van der Waals surface area (Å²) in [5, 5.41) is 0. The highest BCUT2D eigenvalue weighted by Crippen LogP contribution is 2.31. The minimum absolute atomic E-state index is 0.0525. The predicted molar refractivity (Wildman–Crippen MR) is 53.0 cm³/mol. The first kappa shape index (κ1) is 11.7. The first-order valence-electron chi connectivity index (χ1n) is 3.67. The number of nitrogens with zero attached hydrogens (tertiary/aromatic N) is 1. The molecule has 0 N–H and O–H groups in total. The van der Waals surface area contributed by atoms with Crippen molar-refractivity contribution in [1.82, 2.24) is 4.98 Å². The summed E-state index contributed by atoms with van der Waals surface area (Å²) in [5.74, 6) is 0.0769. The van der Waals surface area contributed by atoms with Crippen LogP contribution >= 0.6 is 27.5 Å². The van der Waals surface area contributed by atoms with E-state index in [1.54, 1.807) is 0 Å². The van der Waals surface area contributed by atoms with Crippen LogP contribution in [0.1, 0.15) is 17.6 Å². The van der Waals surface area contributed by atoms with Crippen LogP contribution in [-0.4, -0.2) is 12.1 Å². The van der Waals surface area contributed by atoms with Gasteiger partial charge in [-0.05, 0) is 22.0 Å². The number of halogens is 4. The van der Waals surface area contributed by atoms with Crippen LogP contribution in [0.25, 0.3) is 0 Å². The van der Waals surface area contributed by atoms with Gasteiger partial charge in [0, 0.05) is 11.1 Å². The van der Waals surface area contributed by atoms with Gasteiger partial charge < -0.3 is 4.74 Å².